The van der Waals surface area contributed by atoms with Gasteiger partial charge >= 0.3 is 0 Å². The van der Waals surface area contributed by atoms with Crippen molar-refractivity contribution in [3.63, 3.8) is 0 Å². The number of nitro groups is 2. The molecule has 33 heavy (non-hydrogen) atoms. The maximum Gasteiger partial charge on any atom is 0.271 e. The zero-order valence-corrected chi connectivity index (χ0v) is 17.6. The molecule has 3 heterocycles. The summed E-state index contributed by atoms with van der Waals surface area (Å²) in [5.74, 6) is -0.956. The van der Waals surface area contributed by atoms with E-state index in [1.165, 1.54) is 24.3 Å². The van der Waals surface area contributed by atoms with Crippen molar-refractivity contribution in [3.8, 4) is 0 Å². The molecule has 2 amide bonds. The summed E-state index contributed by atoms with van der Waals surface area (Å²) in [6.45, 7) is 0. The Morgan fingerprint density at radius 1 is 0.848 bits per heavy atom. The second kappa shape index (κ2) is 6.73. The molecular formula is C22H17N5O6. The molecule has 11 heteroatoms. The van der Waals surface area contributed by atoms with E-state index in [2.05, 4.69) is 5.32 Å². The SMILES string of the molecule is Cn1cc(C2(c3cn(C)c4cc([N+](=O)[O-])ccc34)CC(=O)NC2=O)c2ccc([N+](=O)[O-])cc21. The van der Waals surface area contributed by atoms with E-state index in [-0.39, 0.29) is 17.8 Å². The Balaban J connectivity index is 1.84. The van der Waals surface area contributed by atoms with Gasteiger partial charge in [0.25, 0.3) is 11.4 Å². The van der Waals surface area contributed by atoms with Gasteiger partial charge in [-0.2, -0.15) is 0 Å². The molecule has 11 nitrogen and oxygen atoms in total. The van der Waals surface area contributed by atoms with E-state index < -0.39 is 27.1 Å². The first-order valence-corrected chi connectivity index (χ1v) is 9.95. The fraction of sp³-hybridized carbons (Fsp3) is 0.182. The van der Waals surface area contributed by atoms with Crippen LogP contribution in [0, 0.1) is 20.2 Å². The van der Waals surface area contributed by atoms with Gasteiger partial charge in [0, 0.05) is 67.9 Å². The van der Waals surface area contributed by atoms with E-state index in [1.54, 1.807) is 47.8 Å². The lowest BCUT2D eigenvalue weighted by atomic mass is 9.73. The van der Waals surface area contributed by atoms with Crippen LogP contribution < -0.4 is 5.32 Å². The average Bonchev–Trinajstić information content (AvgIpc) is 3.39. The Bertz CT molecular complexity index is 1450. The summed E-state index contributed by atoms with van der Waals surface area (Å²) in [5, 5.41) is 26.1. The lowest BCUT2D eigenvalue weighted by molar-refractivity contribution is -0.384. The Labute approximate surface area is 185 Å². The fourth-order valence-corrected chi connectivity index (χ4v) is 4.83. The number of aromatic nitrogens is 2. The van der Waals surface area contributed by atoms with Crippen molar-refractivity contribution >= 4 is 45.0 Å². The van der Waals surface area contributed by atoms with Crippen LogP contribution >= 0.6 is 0 Å². The Morgan fingerprint density at radius 2 is 1.30 bits per heavy atom. The van der Waals surface area contributed by atoms with Crippen molar-refractivity contribution in [1.29, 1.82) is 0 Å². The maximum atomic E-state index is 13.4. The summed E-state index contributed by atoms with van der Waals surface area (Å²) in [7, 11) is 3.43. The molecule has 0 unspecified atom stereocenters. The predicted molar refractivity (Wildman–Crippen MR) is 118 cm³/mol. The second-order valence-corrected chi connectivity index (χ2v) is 8.18. The largest absolute Gasteiger partial charge is 0.350 e. The van der Waals surface area contributed by atoms with Gasteiger partial charge in [-0.25, -0.2) is 0 Å². The normalized spacial score (nSPS) is 15.3. The number of imide groups is 1. The van der Waals surface area contributed by atoms with Gasteiger partial charge in [-0.1, -0.05) is 0 Å². The number of aryl methyl sites for hydroxylation is 2. The minimum atomic E-state index is -1.40. The zero-order chi connectivity index (χ0) is 23.7. The summed E-state index contributed by atoms with van der Waals surface area (Å²) in [6, 6.07) is 8.73. The van der Waals surface area contributed by atoms with Crippen LogP contribution in [-0.4, -0.2) is 30.8 Å². The van der Waals surface area contributed by atoms with Crippen LogP contribution in [0.4, 0.5) is 11.4 Å². The minimum absolute atomic E-state index is 0.0891. The number of non-ortho nitro benzene ring substituents is 2. The number of carbonyl (C=O) groups is 2. The van der Waals surface area contributed by atoms with Crippen LogP contribution in [0.3, 0.4) is 0 Å². The Morgan fingerprint density at radius 3 is 1.67 bits per heavy atom. The number of nitro benzene ring substituents is 2. The van der Waals surface area contributed by atoms with Crippen molar-refractivity contribution in [2.75, 3.05) is 0 Å². The standard InChI is InChI=1S/C22H17N5O6/c1-24-10-16(14-5-3-12(26(30)31)7-18(14)24)22(9-20(28)23-21(22)29)17-11-25(2)19-8-13(27(32)33)4-6-15(17)19/h3-8,10-11H,9H2,1-2H3,(H,23,28,29). The number of fused-ring (bicyclic) bond motifs is 2. The number of hydrogen-bond donors (Lipinski definition) is 1. The third-order valence-corrected chi connectivity index (χ3v) is 6.36. The number of rotatable bonds is 4. The first kappa shape index (κ1) is 20.4. The summed E-state index contributed by atoms with van der Waals surface area (Å²) < 4.78 is 3.37. The first-order valence-electron chi connectivity index (χ1n) is 9.95. The smallest absolute Gasteiger partial charge is 0.271 e. The van der Waals surface area contributed by atoms with Crippen LogP contribution in [0.5, 0.6) is 0 Å². The molecule has 0 radical (unpaired) electrons. The molecule has 0 atom stereocenters. The molecule has 2 aromatic heterocycles. The van der Waals surface area contributed by atoms with Crippen molar-refractivity contribution < 1.29 is 19.4 Å². The molecule has 1 saturated heterocycles. The molecule has 0 spiro atoms. The van der Waals surface area contributed by atoms with Crippen molar-refractivity contribution in [2.24, 2.45) is 14.1 Å². The van der Waals surface area contributed by atoms with E-state index in [9.17, 15) is 29.8 Å². The van der Waals surface area contributed by atoms with E-state index in [0.29, 0.717) is 32.9 Å². The van der Waals surface area contributed by atoms with E-state index >= 15 is 0 Å². The molecule has 0 saturated carbocycles. The first-order chi connectivity index (χ1) is 15.6. The van der Waals surface area contributed by atoms with Crippen molar-refractivity contribution in [1.82, 2.24) is 14.5 Å². The lowest BCUT2D eigenvalue weighted by Crippen LogP contribution is -2.36. The molecule has 1 fully saturated rings. The summed E-state index contributed by atoms with van der Waals surface area (Å²) >= 11 is 0. The number of benzene rings is 2. The molecule has 0 aliphatic carbocycles. The van der Waals surface area contributed by atoms with Gasteiger partial charge in [-0.05, 0) is 23.3 Å². The second-order valence-electron chi connectivity index (χ2n) is 8.18. The van der Waals surface area contributed by atoms with E-state index in [4.69, 9.17) is 0 Å². The molecule has 5 rings (SSSR count). The molecule has 1 N–H and O–H groups in total. The fourth-order valence-electron chi connectivity index (χ4n) is 4.83. The third kappa shape index (κ3) is 2.75. The van der Waals surface area contributed by atoms with Gasteiger partial charge in [-0.3, -0.25) is 35.1 Å². The molecular weight excluding hydrogens is 430 g/mol. The van der Waals surface area contributed by atoms with Crippen molar-refractivity contribution in [3.05, 3.63) is 80.1 Å². The third-order valence-electron chi connectivity index (χ3n) is 6.36. The van der Waals surface area contributed by atoms with Crippen molar-refractivity contribution in [2.45, 2.75) is 11.8 Å². The van der Waals surface area contributed by atoms with Crippen LogP contribution in [0.2, 0.25) is 0 Å². The highest BCUT2D eigenvalue weighted by atomic mass is 16.6. The van der Waals surface area contributed by atoms with Gasteiger partial charge in [-0.15, -0.1) is 0 Å². The van der Waals surface area contributed by atoms with E-state index in [1.807, 2.05) is 0 Å². The molecule has 2 aromatic carbocycles. The lowest BCUT2D eigenvalue weighted by Gasteiger charge is -2.25. The highest BCUT2D eigenvalue weighted by Gasteiger charge is 2.52. The quantitative estimate of drug-likeness (QED) is 0.290. The number of amides is 2. The summed E-state index contributed by atoms with van der Waals surface area (Å²) in [4.78, 5) is 47.4. The van der Waals surface area contributed by atoms with Crippen LogP contribution in [0.15, 0.2) is 48.8 Å². The van der Waals surface area contributed by atoms with Crippen LogP contribution in [0.1, 0.15) is 17.5 Å². The highest BCUT2D eigenvalue weighted by Crippen LogP contribution is 2.46. The highest BCUT2D eigenvalue weighted by molar-refractivity contribution is 6.14. The zero-order valence-electron chi connectivity index (χ0n) is 17.6. The van der Waals surface area contributed by atoms with Gasteiger partial charge in [0.2, 0.25) is 11.8 Å². The van der Waals surface area contributed by atoms with Gasteiger partial charge in [0.15, 0.2) is 0 Å². The molecule has 4 aromatic rings. The van der Waals surface area contributed by atoms with Crippen LogP contribution in [0.25, 0.3) is 21.8 Å². The topological polar surface area (TPSA) is 142 Å². The van der Waals surface area contributed by atoms with Gasteiger partial charge in [0.05, 0.1) is 20.9 Å². The van der Waals surface area contributed by atoms with Gasteiger partial charge < -0.3 is 9.13 Å². The number of carbonyl (C=O) groups excluding carboxylic acids is 2. The maximum absolute atomic E-state index is 13.4. The predicted octanol–water partition coefficient (Wildman–Crippen LogP) is 2.82. The number of nitrogens with one attached hydrogen (secondary N) is 1. The number of hydrogen-bond acceptors (Lipinski definition) is 6. The molecule has 1 aliphatic heterocycles. The summed E-state index contributed by atoms with van der Waals surface area (Å²) in [5.41, 5.74) is 0.571. The number of nitrogens with zero attached hydrogens (tertiary/aromatic N) is 4. The monoisotopic (exact) mass is 447 g/mol. The molecule has 166 valence electrons. The molecule has 1 aliphatic rings. The Hall–Kier alpha value is -4.54. The van der Waals surface area contributed by atoms with Crippen LogP contribution in [-0.2, 0) is 29.1 Å². The van der Waals surface area contributed by atoms with Gasteiger partial charge in [0.1, 0.15) is 5.41 Å². The minimum Gasteiger partial charge on any atom is -0.350 e. The molecule has 0 bridgehead atoms. The Kier molecular flexibility index (Phi) is 4.15. The van der Waals surface area contributed by atoms with E-state index in [0.717, 1.165) is 0 Å². The average molecular weight is 447 g/mol. The summed E-state index contributed by atoms with van der Waals surface area (Å²) in [6.07, 6.45) is 3.26.